The van der Waals surface area contributed by atoms with Crippen LogP contribution in [-0.4, -0.2) is 260 Å². The Hall–Kier alpha value is -7.00. The molecule has 4 saturated carbocycles. The van der Waals surface area contributed by atoms with Crippen LogP contribution in [0.25, 0.3) is 0 Å². The van der Waals surface area contributed by atoms with E-state index in [1.54, 1.807) is 54.5 Å². The molecular weight excluding hydrogens is 1520 g/mol. The van der Waals surface area contributed by atoms with Crippen molar-refractivity contribution in [3.63, 3.8) is 0 Å². The van der Waals surface area contributed by atoms with E-state index < -0.39 is 173 Å². The van der Waals surface area contributed by atoms with Gasteiger partial charge in [-0.05, 0) is 203 Å². The van der Waals surface area contributed by atoms with E-state index in [0.29, 0.717) is 31.1 Å². The second kappa shape index (κ2) is 41.0. The van der Waals surface area contributed by atoms with Gasteiger partial charge in [0.25, 0.3) is 0 Å². The highest BCUT2D eigenvalue weighted by atomic mass is 16.4. The molecule has 0 radical (unpaired) electrons. The highest BCUT2D eigenvalue weighted by molar-refractivity contribution is 6.00. The van der Waals surface area contributed by atoms with Gasteiger partial charge < -0.3 is 76.0 Å². The third-order valence-corrected chi connectivity index (χ3v) is 29.1. The molecule has 1 aliphatic heterocycles. The standard InChI is InChI=1S/C62H111N11O12.C30H48O4/c1-25-27-28-40(15)52(75)51-56(79)65-43(26-2)58(81)67(18)33-48(74)68(19)44(29-34(3)4)55(78)66-49(38(11)12)61(84)69(20)45(30-35(5)6)54(77)63-41(16)53(76)64-42(17)57(80)70(21)46(31-36(7)8)59(82)71(22)47(32-37(9)10)60(83)72(23)50(39(13)14)62(85)73(51)24;1-25(2)14-15-30(24(33)34)19(16-25)18-8-9-21-27(5)12-11-22(31)26(3,4)20(27)10-13-28(21,6)29(18,7)17-23(30)32/h25,27,34-47,49-52,75H,26,28-33H2,1-24H3,(H,63,77)(H,64,76)(H,65,79)(H,66,78);8,19-23,31-32H,9-17H2,1-7H3,(H,33,34). The molecule has 27 heteroatoms. The van der Waals surface area contributed by atoms with Crippen LogP contribution in [0.5, 0.6) is 0 Å². The molecule has 21 atom stereocenters. The largest absolute Gasteiger partial charge is 0.481 e. The number of carbonyl (C=O) groups is 12. The number of fused-ring (bicyclic) bond motifs is 7. The van der Waals surface area contributed by atoms with E-state index in [2.05, 4.69) is 75.8 Å². The number of carboxylic acid groups (broad SMARTS) is 1. The Morgan fingerprint density at radius 2 is 1.01 bits per heavy atom. The fourth-order valence-corrected chi connectivity index (χ4v) is 21.4. The molecule has 1 saturated heterocycles. The highest BCUT2D eigenvalue weighted by Crippen LogP contribution is 2.76. The van der Waals surface area contributed by atoms with Crippen LogP contribution in [-0.2, 0) is 57.5 Å². The van der Waals surface area contributed by atoms with Crippen LogP contribution in [0.15, 0.2) is 23.8 Å². The number of aliphatic carboxylic acids is 1. The van der Waals surface area contributed by atoms with E-state index in [4.69, 9.17) is 0 Å². The third kappa shape index (κ3) is 22.2. The van der Waals surface area contributed by atoms with Gasteiger partial charge in [0, 0.05) is 49.3 Å². The van der Waals surface area contributed by atoms with E-state index in [1.165, 1.54) is 93.3 Å². The van der Waals surface area contributed by atoms with Crippen molar-refractivity contribution in [2.75, 3.05) is 55.9 Å². The fourth-order valence-electron chi connectivity index (χ4n) is 21.4. The van der Waals surface area contributed by atoms with E-state index in [9.17, 15) is 68.4 Å². The molecule has 1 heterocycles. The molecule has 0 bridgehead atoms. The van der Waals surface area contributed by atoms with Gasteiger partial charge in [-0.15, -0.1) is 0 Å². The van der Waals surface area contributed by atoms with E-state index >= 15 is 9.59 Å². The molecular formula is C92H159N11O16. The van der Waals surface area contributed by atoms with Crippen molar-refractivity contribution in [3.8, 4) is 0 Å². The van der Waals surface area contributed by atoms with Crippen molar-refractivity contribution >= 4 is 70.9 Å². The molecule has 5 fully saturated rings. The Kier molecular flexibility index (Phi) is 35.3. The number of amides is 11. The van der Waals surface area contributed by atoms with Crippen LogP contribution in [0.3, 0.4) is 0 Å². The highest BCUT2D eigenvalue weighted by Gasteiger charge is 2.71. The summed E-state index contributed by atoms with van der Waals surface area (Å²) < 4.78 is 0. The zero-order valence-corrected chi connectivity index (χ0v) is 78.6. The summed E-state index contributed by atoms with van der Waals surface area (Å²) in [7, 11) is 9.92. The van der Waals surface area contributed by atoms with Gasteiger partial charge in [-0.1, -0.05) is 169 Å². The lowest BCUT2D eigenvalue weighted by Crippen LogP contribution is -2.67. The smallest absolute Gasteiger partial charge is 0.312 e. The van der Waals surface area contributed by atoms with Gasteiger partial charge in [0.2, 0.25) is 65.0 Å². The van der Waals surface area contributed by atoms with Gasteiger partial charge in [0.05, 0.1) is 24.9 Å². The van der Waals surface area contributed by atoms with Crippen LogP contribution < -0.4 is 21.3 Å². The maximum Gasteiger partial charge on any atom is 0.312 e. The van der Waals surface area contributed by atoms with Crippen molar-refractivity contribution in [1.82, 2.24) is 55.6 Å². The molecule has 119 heavy (non-hydrogen) atoms. The van der Waals surface area contributed by atoms with Gasteiger partial charge in [0.15, 0.2) is 0 Å². The van der Waals surface area contributed by atoms with E-state index in [-0.39, 0.29) is 94.9 Å². The number of aliphatic hydroxyl groups excluding tert-OH is 3. The lowest BCUT2D eigenvalue weighted by molar-refractivity contribution is -0.218. The molecule has 0 aromatic heterocycles. The first-order valence-corrected chi connectivity index (χ1v) is 44.4. The van der Waals surface area contributed by atoms with Crippen LogP contribution in [0, 0.1) is 91.7 Å². The monoisotopic (exact) mass is 1670 g/mol. The number of carbonyl (C=O) groups excluding carboxylic acids is 11. The minimum atomic E-state index is -1.61. The Morgan fingerprint density at radius 1 is 0.521 bits per heavy atom. The summed E-state index contributed by atoms with van der Waals surface area (Å²) in [5.74, 6) is -9.62. The van der Waals surface area contributed by atoms with Crippen molar-refractivity contribution in [2.45, 2.75) is 341 Å². The minimum Gasteiger partial charge on any atom is -0.481 e. The Morgan fingerprint density at radius 3 is 1.51 bits per heavy atom. The fraction of sp³-hybridized carbons (Fsp3) is 0.826. The summed E-state index contributed by atoms with van der Waals surface area (Å²) >= 11 is 0. The minimum absolute atomic E-state index is 0.0218. The zero-order chi connectivity index (χ0) is 91.1. The first-order valence-electron chi connectivity index (χ1n) is 44.4. The quantitative estimate of drug-likeness (QED) is 0.0667. The summed E-state index contributed by atoms with van der Waals surface area (Å²) in [6.45, 7) is 45.7. The third-order valence-electron chi connectivity index (χ3n) is 29.1. The predicted octanol–water partition coefficient (Wildman–Crippen LogP) is 9.47. The lowest BCUT2D eigenvalue weighted by Gasteiger charge is -2.71. The summed E-state index contributed by atoms with van der Waals surface area (Å²) in [6.07, 6.45) is 12.4. The van der Waals surface area contributed by atoms with Gasteiger partial charge in [-0.25, -0.2) is 0 Å². The maximum atomic E-state index is 15.1. The first-order chi connectivity index (χ1) is 54.8. The number of allylic oxidation sites excluding steroid dienone is 4. The molecule has 5 aliphatic carbocycles. The van der Waals surface area contributed by atoms with Crippen LogP contribution in [0.4, 0.5) is 0 Å². The Balaban J connectivity index is 0.000000604. The average molecular weight is 1680 g/mol. The van der Waals surface area contributed by atoms with Crippen molar-refractivity contribution in [3.05, 3.63) is 23.8 Å². The summed E-state index contributed by atoms with van der Waals surface area (Å²) in [5.41, 5.74) is 0.295. The SMILES string of the molecule is CC1(C)CCC2(C(=O)O)C(O)CC3(C)C(=CCC4C5(C)CCC(O)C(C)(C)C5CCC43C)C2C1.CC=CCC(C)C(O)C1C(=O)NC(CC)C(=O)N(C)CC(=O)N(C)C(CC(C)C)C(=O)NC(C(C)C)C(=O)N(C)C(CC(C)C)C(=O)NC(C)C(=O)NC(C)C(=O)N(C)C(CC(C)C)C(=O)N(C)C(CC(C)C)C(=O)N(C)C(C(C)C)C(=O)N1C. The van der Waals surface area contributed by atoms with Gasteiger partial charge in [0.1, 0.15) is 65.8 Å². The molecule has 6 aliphatic rings. The summed E-state index contributed by atoms with van der Waals surface area (Å²) in [6, 6.07) is -12.3. The molecule has 0 aromatic rings. The molecule has 6 rings (SSSR count). The van der Waals surface area contributed by atoms with Gasteiger partial charge >= 0.3 is 5.97 Å². The summed E-state index contributed by atoms with van der Waals surface area (Å²) in [4.78, 5) is 181. The normalized spacial score (nSPS) is 34.5. The Bertz CT molecular complexity index is 3670. The summed E-state index contributed by atoms with van der Waals surface area (Å²) in [5, 5.41) is 56.1. The van der Waals surface area contributed by atoms with Gasteiger partial charge in [-0.3, -0.25) is 57.5 Å². The number of carboxylic acids is 1. The lowest BCUT2D eigenvalue weighted by atomic mass is 9.33. The molecule has 678 valence electrons. The molecule has 11 amide bonds. The second-order valence-electron chi connectivity index (χ2n) is 41.2. The van der Waals surface area contributed by atoms with E-state index in [0.717, 1.165) is 54.7 Å². The number of rotatable bonds is 16. The molecule has 0 spiro atoms. The second-order valence-corrected chi connectivity index (χ2v) is 41.2. The number of aliphatic hydroxyl groups is 3. The molecule has 21 unspecified atom stereocenters. The molecule has 0 aromatic carbocycles. The molecule has 27 nitrogen and oxygen atoms in total. The maximum absolute atomic E-state index is 15.1. The average Bonchev–Trinajstić information content (AvgIpc) is 0.671. The zero-order valence-electron chi connectivity index (χ0n) is 78.6. The molecule has 8 N–H and O–H groups in total. The number of likely N-dealkylation sites (N-methyl/N-ethyl adjacent to an activating group) is 7. The van der Waals surface area contributed by atoms with Crippen LogP contribution in [0.1, 0.15) is 262 Å². The van der Waals surface area contributed by atoms with Crippen molar-refractivity contribution in [2.24, 2.45) is 91.7 Å². The number of nitrogens with one attached hydrogen (secondary N) is 4. The van der Waals surface area contributed by atoms with Crippen molar-refractivity contribution < 1.29 is 78.0 Å². The van der Waals surface area contributed by atoms with Crippen LogP contribution in [0.2, 0.25) is 0 Å². The van der Waals surface area contributed by atoms with Gasteiger partial charge in [-0.2, -0.15) is 0 Å². The van der Waals surface area contributed by atoms with Crippen molar-refractivity contribution in [1.29, 1.82) is 0 Å². The topological polar surface area (TPSA) is 357 Å². The number of hydrogen-bond acceptors (Lipinski definition) is 15. The number of hydrogen-bond donors (Lipinski definition) is 8. The van der Waals surface area contributed by atoms with Crippen LogP contribution >= 0.6 is 0 Å². The number of nitrogens with zero attached hydrogens (tertiary/aromatic N) is 7. The first kappa shape index (κ1) is 103. The Labute approximate surface area is 713 Å². The predicted molar refractivity (Wildman–Crippen MR) is 463 cm³/mol. The van der Waals surface area contributed by atoms with E-state index in [1.807, 2.05) is 61.5 Å².